The summed E-state index contributed by atoms with van der Waals surface area (Å²) in [6.45, 7) is 1.59. The number of hydrogen-bond acceptors (Lipinski definition) is 4. The number of hydrogen-bond donors (Lipinski definition) is 1. The number of fused-ring (bicyclic) bond motifs is 1. The van der Waals surface area contributed by atoms with E-state index < -0.39 is 23.6 Å². The van der Waals surface area contributed by atoms with Gasteiger partial charge in [0.25, 0.3) is 5.91 Å². The summed E-state index contributed by atoms with van der Waals surface area (Å²) in [5, 5.41) is 2.75. The Bertz CT molecular complexity index is 852. The normalized spacial score (nSPS) is 12.1. The predicted octanol–water partition coefficient (Wildman–Crippen LogP) is 3.98. The molecule has 1 amide bonds. The molecule has 0 bridgehead atoms. The van der Waals surface area contributed by atoms with E-state index in [1.807, 2.05) is 6.07 Å². The molecule has 0 spiro atoms. The lowest BCUT2D eigenvalue weighted by molar-refractivity contribution is -0.122. The second kappa shape index (κ2) is 6.29. The highest BCUT2D eigenvalue weighted by molar-refractivity contribution is 7.22. The first-order valence-corrected chi connectivity index (χ1v) is 7.63. The number of rotatable bonds is 4. The summed E-state index contributed by atoms with van der Waals surface area (Å²) in [6, 6.07) is 10.8. The van der Waals surface area contributed by atoms with Crippen LogP contribution in [0.2, 0.25) is 0 Å². The van der Waals surface area contributed by atoms with Gasteiger partial charge in [0.15, 0.2) is 17.1 Å². The Hall–Kier alpha value is -2.54. The monoisotopic (exact) mass is 334 g/mol. The molecule has 3 aromatic rings. The summed E-state index contributed by atoms with van der Waals surface area (Å²) in [7, 11) is 0. The number of para-hydroxylation sites is 1. The molecule has 4 nitrogen and oxygen atoms in total. The van der Waals surface area contributed by atoms with Crippen LogP contribution in [0, 0.1) is 11.6 Å². The first-order chi connectivity index (χ1) is 11.0. The highest BCUT2D eigenvalue weighted by Gasteiger charge is 2.18. The highest BCUT2D eigenvalue weighted by Crippen LogP contribution is 2.28. The number of halogens is 2. The summed E-state index contributed by atoms with van der Waals surface area (Å²) >= 11 is 0.999. The quantitative estimate of drug-likeness (QED) is 0.785. The predicted molar refractivity (Wildman–Crippen MR) is 84.7 cm³/mol. The van der Waals surface area contributed by atoms with Gasteiger partial charge in [0.1, 0.15) is 17.1 Å². The number of aromatic nitrogens is 1. The first-order valence-electron chi connectivity index (χ1n) is 6.81. The third-order valence-corrected chi connectivity index (χ3v) is 3.99. The number of carbonyl (C=O) groups is 1. The van der Waals surface area contributed by atoms with E-state index in [0.29, 0.717) is 10.4 Å². The fourth-order valence-electron chi connectivity index (χ4n) is 1.97. The smallest absolute Gasteiger partial charge is 0.266 e. The minimum absolute atomic E-state index is 0.0309. The van der Waals surface area contributed by atoms with Crippen molar-refractivity contribution in [2.24, 2.45) is 0 Å². The zero-order valence-corrected chi connectivity index (χ0v) is 12.9. The molecule has 1 unspecified atom stereocenters. The van der Waals surface area contributed by atoms with Gasteiger partial charge >= 0.3 is 0 Å². The van der Waals surface area contributed by atoms with Crippen molar-refractivity contribution in [3.63, 3.8) is 0 Å². The van der Waals surface area contributed by atoms with Crippen molar-refractivity contribution in [3.8, 4) is 5.75 Å². The molecule has 0 aliphatic carbocycles. The minimum atomic E-state index is -0.759. The maximum absolute atomic E-state index is 13.6. The largest absolute Gasteiger partial charge is 0.481 e. The van der Waals surface area contributed by atoms with Gasteiger partial charge in [0.2, 0.25) is 0 Å². The number of ether oxygens (including phenoxy) is 1. The van der Waals surface area contributed by atoms with E-state index in [-0.39, 0.29) is 10.6 Å². The van der Waals surface area contributed by atoms with Gasteiger partial charge in [0, 0.05) is 6.07 Å². The van der Waals surface area contributed by atoms with Crippen LogP contribution in [0.1, 0.15) is 6.92 Å². The number of benzene rings is 2. The lowest BCUT2D eigenvalue weighted by atomic mass is 10.3. The topological polar surface area (TPSA) is 51.2 Å². The Kier molecular flexibility index (Phi) is 4.20. The standard InChI is InChI=1S/C16H12F2N2O2S/c1-9(22-11-5-3-2-4-6-11)15(21)20-16-19-14-12(18)7-10(17)8-13(14)23-16/h2-9H,1H3,(H,19,20,21). The number of amides is 1. The van der Waals surface area contributed by atoms with E-state index in [9.17, 15) is 13.6 Å². The molecule has 2 aromatic carbocycles. The molecule has 0 aliphatic heterocycles. The molecule has 1 N–H and O–H groups in total. The second-order valence-electron chi connectivity index (χ2n) is 4.82. The van der Waals surface area contributed by atoms with Crippen LogP contribution < -0.4 is 10.1 Å². The molecule has 118 valence electrons. The van der Waals surface area contributed by atoms with E-state index in [4.69, 9.17) is 4.74 Å². The summed E-state index contributed by atoms with van der Waals surface area (Å²) in [6.07, 6.45) is -0.758. The maximum Gasteiger partial charge on any atom is 0.266 e. The Labute approximate surface area is 134 Å². The summed E-state index contributed by atoms with van der Waals surface area (Å²) in [4.78, 5) is 16.1. The number of nitrogens with one attached hydrogen (secondary N) is 1. The molecule has 0 radical (unpaired) electrons. The molecule has 23 heavy (non-hydrogen) atoms. The molecule has 1 heterocycles. The zero-order chi connectivity index (χ0) is 16.4. The van der Waals surface area contributed by atoms with E-state index in [1.165, 1.54) is 6.07 Å². The zero-order valence-electron chi connectivity index (χ0n) is 12.0. The van der Waals surface area contributed by atoms with Crippen molar-refractivity contribution >= 4 is 32.6 Å². The summed E-state index contributed by atoms with van der Waals surface area (Å²) in [5.41, 5.74) is 0.0309. The molecular formula is C16H12F2N2O2S. The van der Waals surface area contributed by atoms with Crippen LogP contribution in [0.15, 0.2) is 42.5 Å². The van der Waals surface area contributed by atoms with E-state index in [2.05, 4.69) is 10.3 Å². The van der Waals surface area contributed by atoms with Crippen molar-refractivity contribution in [3.05, 3.63) is 54.1 Å². The fourth-order valence-corrected chi connectivity index (χ4v) is 2.88. The molecule has 1 aromatic heterocycles. The van der Waals surface area contributed by atoms with E-state index in [1.54, 1.807) is 31.2 Å². The third-order valence-electron chi connectivity index (χ3n) is 3.07. The van der Waals surface area contributed by atoms with Gasteiger partial charge < -0.3 is 4.74 Å². The Morgan fingerprint density at radius 2 is 2.00 bits per heavy atom. The van der Waals surface area contributed by atoms with Crippen molar-refractivity contribution in [1.29, 1.82) is 0 Å². The molecule has 0 fully saturated rings. The Morgan fingerprint density at radius 3 is 2.74 bits per heavy atom. The molecule has 3 rings (SSSR count). The van der Waals surface area contributed by atoms with Crippen LogP contribution in [0.25, 0.3) is 10.2 Å². The van der Waals surface area contributed by atoms with Gasteiger partial charge in [-0.1, -0.05) is 29.5 Å². The van der Waals surface area contributed by atoms with Crippen LogP contribution in [0.4, 0.5) is 13.9 Å². The van der Waals surface area contributed by atoms with E-state index in [0.717, 1.165) is 17.4 Å². The van der Waals surface area contributed by atoms with E-state index >= 15 is 0 Å². The van der Waals surface area contributed by atoms with Crippen LogP contribution in [-0.2, 0) is 4.79 Å². The Morgan fingerprint density at radius 1 is 1.26 bits per heavy atom. The van der Waals surface area contributed by atoms with Crippen molar-refractivity contribution in [1.82, 2.24) is 4.98 Å². The van der Waals surface area contributed by atoms with Gasteiger partial charge in [0.05, 0.1) is 4.70 Å². The van der Waals surface area contributed by atoms with Crippen LogP contribution in [-0.4, -0.2) is 17.0 Å². The SMILES string of the molecule is CC(Oc1ccccc1)C(=O)Nc1nc2c(F)cc(F)cc2s1. The van der Waals surface area contributed by atoms with Crippen LogP contribution in [0.3, 0.4) is 0 Å². The van der Waals surface area contributed by atoms with Gasteiger partial charge in [-0.25, -0.2) is 13.8 Å². The lowest BCUT2D eigenvalue weighted by Gasteiger charge is -2.13. The molecule has 1 atom stereocenters. The first kappa shape index (κ1) is 15.4. The summed E-state index contributed by atoms with van der Waals surface area (Å²) < 4.78 is 32.6. The Balaban J connectivity index is 1.73. The minimum Gasteiger partial charge on any atom is -0.481 e. The van der Waals surface area contributed by atoms with Gasteiger partial charge in [-0.2, -0.15) is 0 Å². The van der Waals surface area contributed by atoms with Crippen LogP contribution >= 0.6 is 11.3 Å². The average molecular weight is 334 g/mol. The molecule has 0 aliphatic rings. The van der Waals surface area contributed by atoms with Crippen molar-refractivity contribution < 1.29 is 18.3 Å². The van der Waals surface area contributed by atoms with Gasteiger partial charge in [-0.3, -0.25) is 10.1 Å². The molecule has 0 saturated carbocycles. The molecule has 0 saturated heterocycles. The second-order valence-corrected chi connectivity index (χ2v) is 5.85. The number of carbonyl (C=O) groups excluding carboxylic acids is 1. The fraction of sp³-hybridized carbons (Fsp3) is 0.125. The maximum atomic E-state index is 13.6. The average Bonchev–Trinajstić information content (AvgIpc) is 2.91. The highest BCUT2D eigenvalue weighted by atomic mass is 32.1. The summed E-state index contributed by atoms with van der Waals surface area (Å²) in [5.74, 6) is -1.30. The lowest BCUT2D eigenvalue weighted by Crippen LogP contribution is -2.30. The number of nitrogens with zero attached hydrogens (tertiary/aromatic N) is 1. The molecule has 7 heteroatoms. The molecular weight excluding hydrogens is 322 g/mol. The number of thiazole rings is 1. The number of anilines is 1. The van der Waals surface area contributed by atoms with Gasteiger partial charge in [-0.05, 0) is 25.1 Å². The van der Waals surface area contributed by atoms with Crippen molar-refractivity contribution in [2.75, 3.05) is 5.32 Å². The van der Waals surface area contributed by atoms with Gasteiger partial charge in [-0.15, -0.1) is 0 Å². The van der Waals surface area contributed by atoms with Crippen LogP contribution in [0.5, 0.6) is 5.75 Å². The van der Waals surface area contributed by atoms with Crippen molar-refractivity contribution in [2.45, 2.75) is 13.0 Å². The third kappa shape index (κ3) is 3.45.